The number of rotatable bonds is 6. The number of carboxylic acid groups (broad SMARTS) is 1. The Morgan fingerprint density at radius 3 is 2.71 bits per heavy atom. The molecule has 1 aromatic rings. The maximum absolute atomic E-state index is 10.8. The van der Waals surface area contributed by atoms with Crippen molar-refractivity contribution < 1.29 is 9.90 Å². The van der Waals surface area contributed by atoms with E-state index in [9.17, 15) is 4.79 Å². The summed E-state index contributed by atoms with van der Waals surface area (Å²) >= 11 is 6.05. The van der Waals surface area contributed by atoms with Crippen LogP contribution in [0.1, 0.15) is 25.3 Å². The monoisotopic (exact) mass is 255 g/mol. The lowest BCUT2D eigenvalue weighted by Crippen LogP contribution is -2.30. The van der Waals surface area contributed by atoms with Crippen LogP contribution in [-0.2, 0) is 4.79 Å². The molecule has 0 unspecified atom stereocenters. The highest BCUT2D eigenvalue weighted by Gasteiger charge is 2.11. The highest BCUT2D eigenvalue weighted by molar-refractivity contribution is 6.31. The van der Waals surface area contributed by atoms with Gasteiger partial charge < -0.3 is 10.0 Å². The summed E-state index contributed by atoms with van der Waals surface area (Å²) in [7, 11) is 0. The molecule has 0 aromatic heterocycles. The number of hydrogen-bond donors (Lipinski definition) is 1. The van der Waals surface area contributed by atoms with Gasteiger partial charge in [0.2, 0.25) is 0 Å². The van der Waals surface area contributed by atoms with E-state index in [1.165, 1.54) is 0 Å². The Morgan fingerprint density at radius 1 is 1.47 bits per heavy atom. The zero-order chi connectivity index (χ0) is 12.8. The Bertz CT molecular complexity index is 393. The average Bonchev–Trinajstić information content (AvgIpc) is 2.27. The molecule has 0 aliphatic carbocycles. The first-order valence-corrected chi connectivity index (χ1v) is 6.15. The lowest BCUT2D eigenvalue weighted by Gasteiger charge is -2.23. The van der Waals surface area contributed by atoms with Crippen molar-refractivity contribution in [2.24, 2.45) is 0 Å². The van der Waals surface area contributed by atoms with Crippen LogP contribution in [0.15, 0.2) is 18.2 Å². The fourth-order valence-corrected chi connectivity index (χ4v) is 1.76. The van der Waals surface area contributed by atoms with Gasteiger partial charge in [-0.15, -0.1) is 0 Å². The van der Waals surface area contributed by atoms with Gasteiger partial charge in [-0.1, -0.05) is 31.0 Å². The van der Waals surface area contributed by atoms with Crippen LogP contribution in [0.4, 0.5) is 5.69 Å². The summed E-state index contributed by atoms with van der Waals surface area (Å²) in [5.41, 5.74) is 1.87. The molecule has 0 aliphatic heterocycles. The van der Waals surface area contributed by atoms with Gasteiger partial charge in [-0.05, 0) is 31.0 Å². The molecule has 4 heteroatoms. The summed E-state index contributed by atoms with van der Waals surface area (Å²) in [5.74, 6) is -0.821. The van der Waals surface area contributed by atoms with Gasteiger partial charge in [-0.2, -0.15) is 0 Å². The summed E-state index contributed by atoms with van der Waals surface area (Å²) < 4.78 is 0. The number of halogens is 1. The third-order valence-corrected chi connectivity index (χ3v) is 3.04. The van der Waals surface area contributed by atoms with Gasteiger partial charge in [-0.25, -0.2) is 0 Å². The maximum atomic E-state index is 10.8. The Balaban J connectivity index is 2.86. The number of carboxylic acids is 1. The van der Waals surface area contributed by atoms with E-state index in [1.54, 1.807) is 0 Å². The van der Waals surface area contributed by atoms with Crippen LogP contribution in [0.5, 0.6) is 0 Å². The van der Waals surface area contributed by atoms with E-state index in [-0.39, 0.29) is 6.54 Å². The quantitative estimate of drug-likeness (QED) is 0.848. The minimum Gasteiger partial charge on any atom is -0.480 e. The van der Waals surface area contributed by atoms with Crippen molar-refractivity contribution >= 4 is 23.3 Å². The van der Waals surface area contributed by atoms with Crippen LogP contribution < -0.4 is 4.90 Å². The number of unbranched alkanes of at least 4 members (excludes halogenated alkanes) is 1. The number of anilines is 1. The topological polar surface area (TPSA) is 40.5 Å². The molecular formula is C13H18ClNO2. The Morgan fingerprint density at radius 2 is 2.18 bits per heavy atom. The smallest absolute Gasteiger partial charge is 0.323 e. The molecule has 0 radical (unpaired) electrons. The molecule has 0 spiro atoms. The lowest BCUT2D eigenvalue weighted by molar-refractivity contribution is -0.135. The molecular weight excluding hydrogens is 238 g/mol. The molecule has 0 atom stereocenters. The fraction of sp³-hybridized carbons (Fsp3) is 0.462. The Hall–Kier alpha value is -1.22. The highest BCUT2D eigenvalue weighted by atomic mass is 35.5. The second kappa shape index (κ2) is 6.50. The van der Waals surface area contributed by atoms with Crippen molar-refractivity contribution in [3.05, 3.63) is 28.8 Å². The third-order valence-electron chi connectivity index (χ3n) is 2.63. The molecule has 94 valence electrons. The molecule has 1 rings (SSSR count). The van der Waals surface area contributed by atoms with Gasteiger partial charge in [0.1, 0.15) is 6.54 Å². The molecule has 0 bridgehead atoms. The number of carbonyl (C=O) groups is 1. The van der Waals surface area contributed by atoms with E-state index in [0.29, 0.717) is 5.02 Å². The van der Waals surface area contributed by atoms with Crippen molar-refractivity contribution in [1.82, 2.24) is 0 Å². The molecule has 1 N–H and O–H groups in total. The van der Waals surface area contributed by atoms with Crippen molar-refractivity contribution in [3.8, 4) is 0 Å². The molecule has 0 saturated heterocycles. The molecule has 0 aliphatic rings. The van der Waals surface area contributed by atoms with Crippen molar-refractivity contribution in [3.63, 3.8) is 0 Å². The normalized spacial score (nSPS) is 10.3. The second-order valence-corrected chi connectivity index (χ2v) is 4.51. The predicted molar refractivity (Wildman–Crippen MR) is 70.9 cm³/mol. The van der Waals surface area contributed by atoms with Gasteiger partial charge in [0, 0.05) is 17.3 Å². The first-order chi connectivity index (χ1) is 8.04. The van der Waals surface area contributed by atoms with E-state index in [2.05, 4.69) is 6.92 Å². The highest BCUT2D eigenvalue weighted by Crippen LogP contribution is 2.23. The summed E-state index contributed by atoms with van der Waals surface area (Å²) in [6.07, 6.45) is 2.01. The fourth-order valence-electron chi connectivity index (χ4n) is 1.59. The van der Waals surface area contributed by atoms with Crippen LogP contribution in [0.3, 0.4) is 0 Å². The lowest BCUT2D eigenvalue weighted by atomic mass is 10.2. The van der Waals surface area contributed by atoms with E-state index in [0.717, 1.165) is 30.6 Å². The maximum Gasteiger partial charge on any atom is 0.323 e. The number of aryl methyl sites for hydroxylation is 1. The molecule has 0 saturated carbocycles. The standard InChI is InChI=1S/C13H18ClNO2/c1-3-4-7-15(9-13(16)17)11-6-5-10(2)12(14)8-11/h5-6,8H,3-4,7,9H2,1-2H3,(H,16,17). The second-order valence-electron chi connectivity index (χ2n) is 4.10. The van der Waals surface area contributed by atoms with Gasteiger partial charge in [0.05, 0.1) is 0 Å². The minimum atomic E-state index is -0.821. The van der Waals surface area contributed by atoms with Gasteiger partial charge in [0.15, 0.2) is 0 Å². The average molecular weight is 256 g/mol. The number of benzene rings is 1. The van der Waals surface area contributed by atoms with Crippen molar-refractivity contribution in [1.29, 1.82) is 0 Å². The first kappa shape index (κ1) is 13.8. The summed E-state index contributed by atoms with van der Waals surface area (Å²) in [6.45, 7) is 4.77. The van der Waals surface area contributed by atoms with Gasteiger partial charge in [0.25, 0.3) is 0 Å². The summed E-state index contributed by atoms with van der Waals surface area (Å²) in [5, 5.41) is 9.57. The largest absolute Gasteiger partial charge is 0.480 e. The molecule has 3 nitrogen and oxygen atoms in total. The number of nitrogens with zero attached hydrogens (tertiary/aromatic N) is 1. The first-order valence-electron chi connectivity index (χ1n) is 5.77. The van der Waals surface area contributed by atoms with E-state index >= 15 is 0 Å². The number of aliphatic carboxylic acids is 1. The van der Waals surface area contributed by atoms with Crippen molar-refractivity contribution in [2.45, 2.75) is 26.7 Å². The SMILES string of the molecule is CCCCN(CC(=O)O)c1ccc(C)c(Cl)c1. The van der Waals surface area contributed by atoms with Crippen molar-refractivity contribution in [2.75, 3.05) is 18.0 Å². The van der Waals surface area contributed by atoms with Crippen LogP contribution in [0.2, 0.25) is 5.02 Å². The minimum absolute atomic E-state index is 0.0133. The zero-order valence-electron chi connectivity index (χ0n) is 10.2. The Labute approximate surface area is 107 Å². The van der Waals surface area contributed by atoms with E-state index in [4.69, 9.17) is 16.7 Å². The molecule has 1 aromatic carbocycles. The van der Waals surface area contributed by atoms with E-state index in [1.807, 2.05) is 30.0 Å². The van der Waals surface area contributed by atoms with Crippen LogP contribution >= 0.6 is 11.6 Å². The zero-order valence-corrected chi connectivity index (χ0v) is 11.0. The summed E-state index contributed by atoms with van der Waals surface area (Å²) in [6, 6.07) is 5.66. The molecule has 0 amide bonds. The third kappa shape index (κ3) is 4.27. The van der Waals surface area contributed by atoms with Crippen LogP contribution in [-0.4, -0.2) is 24.2 Å². The van der Waals surface area contributed by atoms with Crippen LogP contribution in [0, 0.1) is 6.92 Å². The van der Waals surface area contributed by atoms with Crippen LogP contribution in [0.25, 0.3) is 0 Å². The Kier molecular flexibility index (Phi) is 5.29. The van der Waals surface area contributed by atoms with Gasteiger partial charge in [-0.3, -0.25) is 4.79 Å². The summed E-state index contributed by atoms with van der Waals surface area (Å²) in [4.78, 5) is 12.7. The molecule has 0 heterocycles. The molecule has 0 fully saturated rings. The number of hydrogen-bond acceptors (Lipinski definition) is 2. The predicted octanol–water partition coefficient (Wildman–Crippen LogP) is 3.34. The van der Waals surface area contributed by atoms with Gasteiger partial charge >= 0.3 is 5.97 Å². The molecule has 17 heavy (non-hydrogen) atoms. The van der Waals surface area contributed by atoms with E-state index < -0.39 is 5.97 Å².